The third-order valence-electron chi connectivity index (χ3n) is 5.55. The molecule has 2 saturated heterocycles. The van der Waals surface area contributed by atoms with E-state index in [-0.39, 0.29) is 5.91 Å². The molecule has 166 valence electrons. The Morgan fingerprint density at radius 2 is 1.43 bits per heavy atom. The third-order valence-corrected chi connectivity index (χ3v) is 5.55. The Kier molecular flexibility index (Phi) is 9.60. The fourth-order valence-corrected chi connectivity index (χ4v) is 3.71. The van der Waals surface area contributed by atoms with Gasteiger partial charge < -0.3 is 20.4 Å². The first-order chi connectivity index (χ1) is 14.3. The number of piperidine rings is 1. The predicted octanol–water partition coefficient (Wildman–Crippen LogP) is 2.89. The van der Waals surface area contributed by atoms with Crippen LogP contribution in [0.4, 0.5) is 11.4 Å². The molecule has 0 spiro atoms. The molecule has 0 saturated carbocycles. The van der Waals surface area contributed by atoms with Crippen molar-refractivity contribution >= 4 is 29.2 Å². The summed E-state index contributed by atoms with van der Waals surface area (Å²) in [6, 6.07) is 8.36. The zero-order chi connectivity index (χ0) is 21.9. The molecular formula is C22H33N3O5. The number of carboxylic acids is 2. The molecule has 0 atom stereocenters. The molecule has 0 aromatic heterocycles. The number of aliphatic carboxylic acids is 2. The molecule has 1 aromatic rings. The maximum absolute atomic E-state index is 12.2. The van der Waals surface area contributed by atoms with Gasteiger partial charge in [0.2, 0.25) is 5.91 Å². The summed E-state index contributed by atoms with van der Waals surface area (Å²) < 4.78 is 0. The summed E-state index contributed by atoms with van der Waals surface area (Å²) >= 11 is 0. The number of carbonyl (C=O) groups excluding carboxylic acids is 1. The second kappa shape index (κ2) is 12.2. The number of likely N-dealkylation sites (tertiary alicyclic amines) is 1. The highest BCUT2D eigenvalue weighted by atomic mass is 16.4. The molecule has 8 heteroatoms. The second-order valence-corrected chi connectivity index (χ2v) is 8.07. The maximum Gasteiger partial charge on any atom is 0.414 e. The Morgan fingerprint density at radius 3 is 1.93 bits per heavy atom. The van der Waals surface area contributed by atoms with Crippen LogP contribution >= 0.6 is 0 Å². The van der Waals surface area contributed by atoms with Gasteiger partial charge in [-0.1, -0.05) is 19.8 Å². The van der Waals surface area contributed by atoms with Crippen LogP contribution in [0.3, 0.4) is 0 Å². The summed E-state index contributed by atoms with van der Waals surface area (Å²) in [5, 5.41) is 17.8. The number of nitrogens with zero attached hydrogens (tertiary/aromatic N) is 2. The van der Waals surface area contributed by atoms with Crippen LogP contribution in [0.1, 0.15) is 45.4 Å². The minimum Gasteiger partial charge on any atom is -0.473 e. The first-order valence-corrected chi connectivity index (χ1v) is 10.7. The van der Waals surface area contributed by atoms with Gasteiger partial charge in [0.05, 0.1) is 6.54 Å². The molecule has 0 unspecified atom stereocenters. The van der Waals surface area contributed by atoms with E-state index in [1.165, 1.54) is 44.2 Å². The van der Waals surface area contributed by atoms with Crippen molar-refractivity contribution in [3.8, 4) is 0 Å². The standard InChI is InChI=1S/C20H31N3O.C2H2O4/c1-17-10-14-22(15-11-17)16-20(24)21-18-6-8-19(9-7-18)23-12-4-2-3-5-13-23;3-1(4)2(5)6/h6-9,17H,2-5,10-16H2,1H3,(H,21,24);(H,3,4)(H,5,6). The van der Waals surface area contributed by atoms with Crippen molar-refractivity contribution in [3.63, 3.8) is 0 Å². The lowest BCUT2D eigenvalue weighted by atomic mass is 9.99. The van der Waals surface area contributed by atoms with Gasteiger partial charge in [0.15, 0.2) is 0 Å². The summed E-state index contributed by atoms with van der Waals surface area (Å²) in [6.45, 7) is 7.20. The van der Waals surface area contributed by atoms with E-state index in [9.17, 15) is 4.79 Å². The van der Waals surface area contributed by atoms with Crippen LogP contribution in [0.15, 0.2) is 24.3 Å². The molecule has 1 aromatic carbocycles. The Morgan fingerprint density at radius 1 is 0.900 bits per heavy atom. The van der Waals surface area contributed by atoms with Gasteiger partial charge >= 0.3 is 11.9 Å². The fraction of sp³-hybridized carbons (Fsp3) is 0.591. The molecule has 1 amide bonds. The Labute approximate surface area is 177 Å². The minimum absolute atomic E-state index is 0.104. The van der Waals surface area contributed by atoms with Gasteiger partial charge in [-0.15, -0.1) is 0 Å². The molecule has 3 N–H and O–H groups in total. The van der Waals surface area contributed by atoms with Gasteiger partial charge in [-0.25, -0.2) is 9.59 Å². The van der Waals surface area contributed by atoms with E-state index in [4.69, 9.17) is 19.8 Å². The van der Waals surface area contributed by atoms with Crippen LogP contribution in [-0.2, 0) is 14.4 Å². The Hall–Kier alpha value is -2.61. The first-order valence-electron chi connectivity index (χ1n) is 10.7. The lowest BCUT2D eigenvalue weighted by Crippen LogP contribution is -2.38. The number of amides is 1. The largest absolute Gasteiger partial charge is 0.473 e. The highest BCUT2D eigenvalue weighted by molar-refractivity contribution is 6.27. The van der Waals surface area contributed by atoms with Gasteiger partial charge in [0.1, 0.15) is 0 Å². The number of hydrogen-bond donors (Lipinski definition) is 3. The van der Waals surface area contributed by atoms with Crippen molar-refractivity contribution in [2.45, 2.75) is 45.4 Å². The number of anilines is 2. The summed E-state index contributed by atoms with van der Waals surface area (Å²) in [5.41, 5.74) is 2.18. The summed E-state index contributed by atoms with van der Waals surface area (Å²) in [4.78, 5) is 35.2. The number of carboxylic acid groups (broad SMARTS) is 2. The average molecular weight is 420 g/mol. The molecule has 2 heterocycles. The molecule has 2 aliphatic heterocycles. The zero-order valence-electron chi connectivity index (χ0n) is 17.7. The smallest absolute Gasteiger partial charge is 0.414 e. The fourth-order valence-electron chi connectivity index (χ4n) is 3.71. The highest BCUT2D eigenvalue weighted by Gasteiger charge is 2.18. The van der Waals surface area contributed by atoms with Gasteiger partial charge in [-0.05, 0) is 69.0 Å². The van der Waals surface area contributed by atoms with Gasteiger partial charge in [0, 0.05) is 24.5 Å². The lowest BCUT2D eigenvalue weighted by molar-refractivity contribution is -0.159. The number of carbonyl (C=O) groups is 3. The number of rotatable bonds is 4. The topological polar surface area (TPSA) is 110 Å². The number of benzene rings is 1. The molecule has 0 aliphatic carbocycles. The summed E-state index contributed by atoms with van der Waals surface area (Å²) in [7, 11) is 0. The van der Waals surface area contributed by atoms with E-state index >= 15 is 0 Å². The highest BCUT2D eigenvalue weighted by Crippen LogP contribution is 2.22. The van der Waals surface area contributed by atoms with E-state index in [1.807, 2.05) is 12.1 Å². The van der Waals surface area contributed by atoms with Crippen molar-refractivity contribution in [1.29, 1.82) is 0 Å². The van der Waals surface area contributed by atoms with Crippen molar-refractivity contribution in [2.24, 2.45) is 5.92 Å². The first kappa shape index (κ1) is 23.7. The minimum atomic E-state index is -1.82. The number of nitrogens with one attached hydrogen (secondary N) is 1. The molecule has 0 bridgehead atoms. The van der Waals surface area contributed by atoms with E-state index in [2.05, 4.69) is 34.2 Å². The van der Waals surface area contributed by atoms with E-state index in [0.717, 1.165) is 37.8 Å². The van der Waals surface area contributed by atoms with Gasteiger partial charge in [-0.2, -0.15) is 0 Å². The normalized spacial score (nSPS) is 18.0. The third kappa shape index (κ3) is 8.41. The Bertz CT molecular complexity index is 679. The predicted molar refractivity (Wildman–Crippen MR) is 116 cm³/mol. The second-order valence-electron chi connectivity index (χ2n) is 8.07. The van der Waals surface area contributed by atoms with Crippen LogP contribution in [0.5, 0.6) is 0 Å². The average Bonchev–Trinajstić information content (AvgIpc) is 3.00. The monoisotopic (exact) mass is 419 g/mol. The van der Waals surface area contributed by atoms with Crippen LogP contribution in [0.25, 0.3) is 0 Å². The molecule has 0 radical (unpaired) electrons. The molecular weight excluding hydrogens is 386 g/mol. The van der Waals surface area contributed by atoms with E-state index in [0.29, 0.717) is 6.54 Å². The van der Waals surface area contributed by atoms with Crippen molar-refractivity contribution in [1.82, 2.24) is 4.90 Å². The van der Waals surface area contributed by atoms with Crippen LogP contribution in [-0.4, -0.2) is 65.7 Å². The maximum atomic E-state index is 12.2. The van der Waals surface area contributed by atoms with Crippen LogP contribution in [0, 0.1) is 5.92 Å². The SMILES string of the molecule is CC1CCN(CC(=O)Nc2ccc(N3CCCCCC3)cc2)CC1.O=C(O)C(=O)O. The number of hydrogen-bond acceptors (Lipinski definition) is 5. The van der Waals surface area contributed by atoms with Crippen molar-refractivity contribution in [2.75, 3.05) is 42.9 Å². The van der Waals surface area contributed by atoms with E-state index < -0.39 is 11.9 Å². The molecule has 3 rings (SSSR count). The Balaban J connectivity index is 0.000000469. The summed E-state index contributed by atoms with van der Waals surface area (Å²) in [5.74, 6) is -2.74. The van der Waals surface area contributed by atoms with E-state index in [1.54, 1.807) is 0 Å². The molecule has 8 nitrogen and oxygen atoms in total. The zero-order valence-corrected chi connectivity index (χ0v) is 17.7. The lowest BCUT2D eigenvalue weighted by Gasteiger charge is -2.29. The molecule has 2 fully saturated rings. The van der Waals surface area contributed by atoms with Crippen molar-refractivity contribution < 1.29 is 24.6 Å². The molecule has 30 heavy (non-hydrogen) atoms. The van der Waals surface area contributed by atoms with Gasteiger partial charge in [-0.3, -0.25) is 9.69 Å². The summed E-state index contributed by atoms with van der Waals surface area (Å²) in [6.07, 6.45) is 7.68. The van der Waals surface area contributed by atoms with Crippen LogP contribution in [0.2, 0.25) is 0 Å². The van der Waals surface area contributed by atoms with Crippen LogP contribution < -0.4 is 10.2 Å². The van der Waals surface area contributed by atoms with Crippen molar-refractivity contribution in [3.05, 3.63) is 24.3 Å². The molecule has 2 aliphatic rings. The quantitative estimate of drug-likeness (QED) is 0.644. The van der Waals surface area contributed by atoms with Gasteiger partial charge in [0.25, 0.3) is 0 Å².